The highest BCUT2D eigenvalue weighted by atomic mass is 32.2. The number of amides is 2. The molecule has 32 heavy (non-hydrogen) atoms. The number of para-hydroxylation sites is 1. The largest absolute Gasteiger partial charge is 0.491 e. The van der Waals surface area contributed by atoms with E-state index in [1.807, 2.05) is 13.8 Å². The second-order valence-corrected chi connectivity index (χ2v) is 9.72. The van der Waals surface area contributed by atoms with Gasteiger partial charge in [-0.2, -0.15) is 0 Å². The minimum Gasteiger partial charge on any atom is -0.491 e. The molecule has 1 aliphatic heterocycles. The van der Waals surface area contributed by atoms with Gasteiger partial charge in [0, 0.05) is 18.8 Å². The number of carbonyl (C=O) groups is 2. The van der Waals surface area contributed by atoms with Gasteiger partial charge in [0.15, 0.2) is 0 Å². The first kappa shape index (κ1) is 23.6. The predicted molar refractivity (Wildman–Crippen MR) is 124 cm³/mol. The van der Waals surface area contributed by atoms with Gasteiger partial charge < -0.3 is 15.0 Å². The number of benzene rings is 2. The quantitative estimate of drug-likeness (QED) is 0.629. The van der Waals surface area contributed by atoms with Crippen LogP contribution in [0.15, 0.2) is 48.5 Å². The van der Waals surface area contributed by atoms with E-state index in [1.165, 1.54) is 0 Å². The van der Waals surface area contributed by atoms with Gasteiger partial charge >= 0.3 is 0 Å². The summed E-state index contributed by atoms with van der Waals surface area (Å²) in [5.41, 5.74) is 0.988. The Hall–Kier alpha value is -3.07. The van der Waals surface area contributed by atoms with Crippen molar-refractivity contribution < 1.29 is 22.7 Å². The molecule has 0 spiro atoms. The monoisotopic (exact) mass is 459 g/mol. The highest BCUT2D eigenvalue weighted by molar-refractivity contribution is 7.93. The lowest BCUT2D eigenvalue weighted by molar-refractivity contribution is -0.113. The van der Waals surface area contributed by atoms with Crippen LogP contribution in [-0.2, 0) is 14.8 Å². The van der Waals surface area contributed by atoms with Crippen LogP contribution in [0.2, 0.25) is 0 Å². The van der Waals surface area contributed by atoms with Crippen molar-refractivity contribution in [3.63, 3.8) is 0 Å². The van der Waals surface area contributed by atoms with Crippen LogP contribution in [0, 0.1) is 0 Å². The van der Waals surface area contributed by atoms with Gasteiger partial charge in [-0.1, -0.05) is 12.1 Å². The van der Waals surface area contributed by atoms with Crippen LogP contribution < -0.4 is 14.8 Å². The van der Waals surface area contributed by atoms with Crippen molar-refractivity contribution in [2.24, 2.45) is 0 Å². The number of nitrogens with one attached hydrogen (secondary N) is 2. The molecule has 172 valence electrons. The Morgan fingerprint density at radius 2 is 1.66 bits per heavy atom. The highest BCUT2D eigenvalue weighted by Gasteiger charge is 2.23. The van der Waals surface area contributed by atoms with Crippen LogP contribution >= 0.6 is 0 Å². The van der Waals surface area contributed by atoms with E-state index in [-0.39, 0.29) is 12.0 Å². The molecule has 0 radical (unpaired) electrons. The molecule has 0 bridgehead atoms. The Bertz CT molecular complexity index is 1050. The lowest BCUT2D eigenvalue weighted by Crippen LogP contribution is -2.36. The third kappa shape index (κ3) is 6.71. The SMILES string of the molecule is CC(C)Oc1ccc(NS(=O)(=O)CC(=O)Nc2ccccc2C(=O)N2CCCCC2)cc1. The number of hydrogen-bond acceptors (Lipinski definition) is 5. The molecule has 1 aliphatic rings. The lowest BCUT2D eigenvalue weighted by Gasteiger charge is -2.27. The van der Waals surface area contributed by atoms with Crippen molar-refractivity contribution >= 4 is 33.2 Å². The summed E-state index contributed by atoms with van der Waals surface area (Å²) >= 11 is 0. The normalized spacial score (nSPS) is 14.2. The van der Waals surface area contributed by atoms with Crippen molar-refractivity contribution in [1.29, 1.82) is 0 Å². The van der Waals surface area contributed by atoms with E-state index in [4.69, 9.17) is 4.74 Å². The standard InChI is InChI=1S/C23H29N3O5S/c1-17(2)31-19-12-10-18(11-13-19)25-32(29,30)16-22(27)24-21-9-5-4-8-20(21)23(28)26-14-6-3-7-15-26/h4-5,8-13,17,25H,3,6-7,14-16H2,1-2H3,(H,24,27). The summed E-state index contributed by atoms with van der Waals surface area (Å²) in [5.74, 6) is -1.04. The van der Waals surface area contributed by atoms with Crippen LogP contribution in [0.25, 0.3) is 0 Å². The fourth-order valence-corrected chi connectivity index (χ4v) is 4.48. The van der Waals surface area contributed by atoms with E-state index in [2.05, 4.69) is 10.0 Å². The molecule has 0 unspecified atom stereocenters. The van der Waals surface area contributed by atoms with Gasteiger partial charge in [-0.3, -0.25) is 14.3 Å². The number of hydrogen-bond donors (Lipinski definition) is 2. The summed E-state index contributed by atoms with van der Waals surface area (Å²) in [6, 6.07) is 13.1. The fourth-order valence-electron chi connectivity index (χ4n) is 3.49. The number of likely N-dealkylation sites (tertiary alicyclic amines) is 1. The van der Waals surface area contributed by atoms with Gasteiger partial charge in [-0.15, -0.1) is 0 Å². The van der Waals surface area contributed by atoms with Gasteiger partial charge in [0.05, 0.1) is 17.4 Å². The molecule has 8 nitrogen and oxygen atoms in total. The fraction of sp³-hybridized carbons (Fsp3) is 0.391. The Labute approximate surface area is 189 Å². The molecule has 0 aliphatic carbocycles. The summed E-state index contributed by atoms with van der Waals surface area (Å²) in [6.07, 6.45) is 3.01. The molecular weight excluding hydrogens is 430 g/mol. The Morgan fingerprint density at radius 1 is 1.00 bits per heavy atom. The van der Waals surface area contributed by atoms with E-state index >= 15 is 0 Å². The lowest BCUT2D eigenvalue weighted by atomic mass is 10.1. The van der Waals surface area contributed by atoms with Gasteiger partial charge in [-0.25, -0.2) is 8.42 Å². The number of anilines is 2. The van der Waals surface area contributed by atoms with Crippen LogP contribution in [-0.4, -0.2) is 50.1 Å². The zero-order valence-corrected chi connectivity index (χ0v) is 19.2. The zero-order chi connectivity index (χ0) is 23.1. The Balaban J connectivity index is 1.63. The smallest absolute Gasteiger partial charge is 0.255 e. The van der Waals surface area contributed by atoms with Gasteiger partial charge in [0.1, 0.15) is 11.5 Å². The van der Waals surface area contributed by atoms with E-state index in [1.54, 1.807) is 53.4 Å². The molecule has 0 saturated carbocycles. The van der Waals surface area contributed by atoms with Crippen molar-refractivity contribution in [3.05, 3.63) is 54.1 Å². The first-order valence-corrected chi connectivity index (χ1v) is 12.3. The molecule has 1 heterocycles. The van der Waals surface area contributed by atoms with Crippen LogP contribution in [0.3, 0.4) is 0 Å². The average molecular weight is 460 g/mol. The van der Waals surface area contributed by atoms with Gasteiger partial charge in [0.2, 0.25) is 15.9 Å². The van der Waals surface area contributed by atoms with Crippen LogP contribution in [0.1, 0.15) is 43.5 Å². The molecule has 2 amide bonds. The summed E-state index contributed by atoms with van der Waals surface area (Å²) < 4.78 is 32.8. The number of ether oxygens (including phenoxy) is 1. The maximum atomic E-state index is 12.9. The molecule has 2 aromatic rings. The highest BCUT2D eigenvalue weighted by Crippen LogP contribution is 2.21. The minimum absolute atomic E-state index is 0.00547. The third-order valence-electron chi connectivity index (χ3n) is 4.90. The summed E-state index contributed by atoms with van der Waals surface area (Å²) in [5, 5.41) is 2.58. The number of sulfonamides is 1. The van der Waals surface area contributed by atoms with Crippen LogP contribution in [0.4, 0.5) is 11.4 Å². The molecule has 2 aromatic carbocycles. The molecule has 1 saturated heterocycles. The second kappa shape index (κ2) is 10.5. The summed E-state index contributed by atoms with van der Waals surface area (Å²) in [4.78, 5) is 27.1. The number of piperidine rings is 1. The van der Waals surface area contributed by atoms with Crippen LogP contribution in [0.5, 0.6) is 5.75 Å². The molecule has 0 aromatic heterocycles. The zero-order valence-electron chi connectivity index (χ0n) is 18.3. The Morgan fingerprint density at radius 3 is 2.31 bits per heavy atom. The van der Waals surface area contributed by atoms with Crippen molar-refractivity contribution in [2.45, 2.75) is 39.2 Å². The molecule has 2 N–H and O–H groups in total. The average Bonchev–Trinajstić information content (AvgIpc) is 2.74. The summed E-state index contributed by atoms with van der Waals surface area (Å²) in [7, 11) is -3.94. The van der Waals surface area contributed by atoms with E-state index < -0.39 is 21.7 Å². The topological polar surface area (TPSA) is 105 Å². The maximum Gasteiger partial charge on any atom is 0.255 e. The second-order valence-electron chi connectivity index (χ2n) is 8.00. The van der Waals surface area contributed by atoms with E-state index in [0.29, 0.717) is 35.8 Å². The third-order valence-corrected chi connectivity index (χ3v) is 6.08. The first-order chi connectivity index (χ1) is 15.2. The number of carbonyl (C=O) groups excluding carboxylic acids is 2. The first-order valence-electron chi connectivity index (χ1n) is 10.7. The summed E-state index contributed by atoms with van der Waals surface area (Å²) in [6.45, 7) is 5.15. The number of rotatable bonds is 8. The van der Waals surface area contributed by atoms with E-state index in [0.717, 1.165) is 19.3 Å². The number of nitrogens with zero attached hydrogens (tertiary/aromatic N) is 1. The van der Waals surface area contributed by atoms with Crippen molar-refractivity contribution in [2.75, 3.05) is 28.9 Å². The molecule has 3 rings (SSSR count). The Kier molecular flexibility index (Phi) is 7.74. The van der Waals surface area contributed by atoms with Gasteiger partial charge in [0.25, 0.3) is 5.91 Å². The maximum absolute atomic E-state index is 12.9. The molecule has 1 fully saturated rings. The van der Waals surface area contributed by atoms with E-state index in [9.17, 15) is 18.0 Å². The molecule has 0 atom stereocenters. The predicted octanol–water partition coefficient (Wildman–Crippen LogP) is 3.48. The van der Waals surface area contributed by atoms with Crippen molar-refractivity contribution in [3.8, 4) is 5.75 Å². The van der Waals surface area contributed by atoms with Gasteiger partial charge in [-0.05, 0) is 69.5 Å². The minimum atomic E-state index is -3.94. The van der Waals surface area contributed by atoms with Crippen molar-refractivity contribution in [1.82, 2.24) is 4.90 Å². The molecular formula is C23H29N3O5S. The molecule has 9 heteroatoms.